The molecule has 0 aliphatic carbocycles. The van der Waals surface area contributed by atoms with E-state index in [-0.39, 0.29) is 17.0 Å². The van der Waals surface area contributed by atoms with E-state index in [1.54, 1.807) is 0 Å². The van der Waals surface area contributed by atoms with Gasteiger partial charge in [0.05, 0.1) is 37.6 Å². The minimum atomic E-state index is -3.45. The van der Waals surface area contributed by atoms with Crippen LogP contribution in [0.5, 0.6) is 11.6 Å². The largest absolute Gasteiger partial charge is 0.609 e. The SMILES string of the molecule is [2H]c1nc(C([2H])([2H])[S+]([O-])c2nc3nc(OC([2H])([2H])[2H])ccc3[nH]2)c(C([2H])([2H])[2H])c(OC([2H])([2H])[2H])c1C([2H])([2H])[2H]. The minimum absolute atomic E-state index is 0.0569. The van der Waals surface area contributed by atoms with Crippen molar-refractivity contribution in [3.8, 4) is 11.6 Å². The summed E-state index contributed by atoms with van der Waals surface area (Å²) in [5.41, 5.74) is -7.25. The molecule has 0 bridgehead atoms. The van der Waals surface area contributed by atoms with Gasteiger partial charge in [0.15, 0.2) is 11.4 Å². The van der Waals surface area contributed by atoms with Crippen LogP contribution in [0, 0.1) is 13.7 Å². The molecule has 1 unspecified atom stereocenters. The summed E-state index contributed by atoms with van der Waals surface area (Å²) < 4.78 is 138. The van der Waals surface area contributed by atoms with Crippen LogP contribution in [0.1, 0.15) is 37.4 Å². The van der Waals surface area contributed by atoms with Crippen molar-refractivity contribution >= 4 is 22.3 Å². The summed E-state index contributed by atoms with van der Waals surface area (Å²) in [4.78, 5) is 13.7. The van der Waals surface area contributed by atoms with E-state index in [1.807, 2.05) is 0 Å². The van der Waals surface area contributed by atoms with Crippen LogP contribution in [0.15, 0.2) is 23.5 Å². The normalized spacial score (nSPS) is 24.3. The summed E-state index contributed by atoms with van der Waals surface area (Å²) in [6.07, 6.45) is -1.23. The molecule has 3 aromatic heterocycles. The first-order valence-corrected chi connectivity index (χ1v) is 7.29. The van der Waals surface area contributed by atoms with E-state index >= 15 is 0 Å². The Kier molecular flexibility index (Phi) is 1.72. The maximum atomic E-state index is 13.4. The summed E-state index contributed by atoms with van der Waals surface area (Å²) in [5, 5.41) is -0.628. The van der Waals surface area contributed by atoms with Gasteiger partial charge < -0.3 is 14.0 Å². The van der Waals surface area contributed by atoms with Gasteiger partial charge in [0.25, 0.3) is 0 Å². The first-order chi connectivity index (χ1) is 17.4. The number of methoxy groups -OCH3 is 2. The minimum Gasteiger partial charge on any atom is -0.609 e. The van der Waals surface area contributed by atoms with E-state index in [1.165, 1.54) is 6.07 Å². The fourth-order valence-electron chi connectivity index (χ4n) is 1.76. The third-order valence-corrected chi connectivity index (χ3v) is 3.76. The van der Waals surface area contributed by atoms with Crippen LogP contribution in [0.3, 0.4) is 0 Å². The van der Waals surface area contributed by atoms with E-state index in [2.05, 4.69) is 29.4 Å². The van der Waals surface area contributed by atoms with Gasteiger partial charge in [0.2, 0.25) is 5.88 Å². The lowest BCUT2D eigenvalue weighted by Gasteiger charge is -2.13. The molecule has 0 aliphatic rings. The van der Waals surface area contributed by atoms with Crippen LogP contribution >= 0.6 is 0 Å². The Bertz CT molecular complexity index is 1380. The number of nitrogens with zero attached hydrogens (tertiary/aromatic N) is 3. The number of fused-ring (bicyclic) bond motifs is 1. The van der Waals surface area contributed by atoms with Crippen molar-refractivity contribution in [3.63, 3.8) is 0 Å². The molecule has 0 amide bonds. The molecule has 8 heteroatoms. The fraction of sp³-hybridized carbons (Fsp3) is 0.312. The van der Waals surface area contributed by atoms with Gasteiger partial charge in [-0.2, -0.15) is 9.97 Å². The van der Waals surface area contributed by atoms with Crippen molar-refractivity contribution in [2.75, 3.05) is 14.1 Å². The molecular formula is C16H18N4O3S. The van der Waals surface area contributed by atoms with Crippen molar-refractivity contribution in [2.24, 2.45) is 0 Å². The Morgan fingerprint density at radius 1 is 1.33 bits per heavy atom. The second-order valence-corrected chi connectivity index (χ2v) is 5.42. The molecule has 1 atom stereocenters. The Morgan fingerprint density at radius 2 is 2.25 bits per heavy atom. The van der Waals surface area contributed by atoms with Gasteiger partial charge in [-0.15, -0.1) is 0 Å². The van der Waals surface area contributed by atoms with Crippen LogP contribution in [-0.2, 0) is 16.9 Å². The highest BCUT2D eigenvalue weighted by atomic mass is 32.2. The number of H-pyrrole nitrogens is 1. The van der Waals surface area contributed by atoms with Crippen molar-refractivity contribution in [1.82, 2.24) is 19.9 Å². The number of aromatic amines is 1. The van der Waals surface area contributed by atoms with Gasteiger partial charge in [-0.05, 0) is 19.8 Å². The van der Waals surface area contributed by atoms with Crippen LogP contribution < -0.4 is 9.47 Å². The Labute approximate surface area is 163 Å². The zero-order valence-corrected chi connectivity index (χ0v) is 12.4. The summed E-state index contributed by atoms with van der Waals surface area (Å²) in [6.45, 7) is -6.75. The van der Waals surface area contributed by atoms with Crippen molar-refractivity contribution < 1.29 is 34.6 Å². The standard InChI is InChI=1S/C16H18N4O3S/c1-9-7-17-12(10(2)14(9)23-4)8-24(21)16-18-11-5-6-13(22-3)19-15(11)20-16/h5-7H,8H2,1-4H3,(H,18,19,20)/i1D3,2D3,3D3,4D3,7D,8D2. The summed E-state index contributed by atoms with van der Waals surface area (Å²) in [6, 6.07) is 2.38. The highest BCUT2D eigenvalue weighted by Crippen LogP contribution is 2.26. The summed E-state index contributed by atoms with van der Waals surface area (Å²) in [7, 11) is -6.27. The van der Waals surface area contributed by atoms with Gasteiger partial charge in [-0.25, -0.2) is 0 Å². The zero-order chi connectivity index (χ0) is 29.9. The number of ether oxygens (including phenoxy) is 2. The highest BCUT2D eigenvalue weighted by molar-refractivity contribution is 7.90. The average molecular weight is 362 g/mol. The molecule has 24 heavy (non-hydrogen) atoms. The van der Waals surface area contributed by atoms with E-state index in [0.29, 0.717) is 0 Å². The van der Waals surface area contributed by atoms with E-state index in [0.717, 1.165) is 6.07 Å². The average Bonchev–Trinajstić information content (AvgIpc) is 3.11. The second-order valence-electron chi connectivity index (χ2n) is 4.29. The zero-order valence-electron chi connectivity index (χ0n) is 26.6. The summed E-state index contributed by atoms with van der Waals surface area (Å²) >= 11 is -2.97. The maximum Gasteiger partial charge on any atom is 0.323 e. The van der Waals surface area contributed by atoms with Gasteiger partial charge in [0.1, 0.15) is 5.75 Å². The lowest BCUT2D eigenvalue weighted by Crippen LogP contribution is -2.10. The monoisotopic (exact) mass is 361 g/mol. The van der Waals surface area contributed by atoms with Crippen molar-refractivity contribution in [1.29, 1.82) is 0 Å². The Hall–Kier alpha value is -2.32. The predicted molar refractivity (Wildman–Crippen MR) is 90.8 cm³/mol. The summed E-state index contributed by atoms with van der Waals surface area (Å²) in [5.74, 6) is -1.71. The topological polar surface area (TPSA) is 96.0 Å². The Balaban J connectivity index is 2.24. The molecule has 0 fully saturated rings. The number of aromatic nitrogens is 4. The first-order valence-electron chi connectivity index (χ1n) is 13.6. The molecule has 0 saturated heterocycles. The molecule has 0 aliphatic heterocycles. The third kappa shape index (κ3) is 3.02. The lowest BCUT2D eigenvalue weighted by atomic mass is 10.1. The molecule has 1 N–H and O–H groups in total. The smallest absolute Gasteiger partial charge is 0.323 e. The molecule has 3 aromatic rings. The van der Waals surface area contributed by atoms with Crippen molar-refractivity contribution in [2.45, 2.75) is 24.6 Å². The van der Waals surface area contributed by atoms with Crippen LogP contribution in [0.4, 0.5) is 0 Å². The molecule has 7 nitrogen and oxygen atoms in total. The molecule has 3 rings (SSSR count). The van der Waals surface area contributed by atoms with Gasteiger partial charge >= 0.3 is 5.16 Å². The lowest BCUT2D eigenvalue weighted by molar-refractivity contribution is 0.399. The van der Waals surface area contributed by atoms with E-state index in [4.69, 9.17) is 20.6 Å². The maximum absolute atomic E-state index is 13.4. The molecule has 0 radical (unpaired) electrons. The molecule has 0 spiro atoms. The molecule has 0 saturated carbocycles. The molecule has 0 aromatic carbocycles. The van der Waals surface area contributed by atoms with Crippen LogP contribution in [0.25, 0.3) is 11.2 Å². The highest BCUT2D eigenvalue weighted by Gasteiger charge is 2.21. The van der Waals surface area contributed by atoms with Crippen molar-refractivity contribution in [3.05, 3.63) is 35.1 Å². The first kappa shape index (κ1) is 6.20. The van der Waals surface area contributed by atoms with Crippen LogP contribution in [-0.4, -0.2) is 38.6 Å². The number of hydrogen-bond acceptors (Lipinski definition) is 6. The fourth-order valence-corrected chi connectivity index (χ4v) is 2.55. The molecular weight excluding hydrogens is 328 g/mol. The van der Waals surface area contributed by atoms with Gasteiger partial charge in [-0.1, -0.05) is 0 Å². The Morgan fingerprint density at radius 3 is 3.04 bits per heavy atom. The number of hydrogen-bond donors (Lipinski definition) is 1. The van der Waals surface area contributed by atoms with Gasteiger partial charge in [0, 0.05) is 42.8 Å². The number of imidazole rings is 1. The van der Waals surface area contributed by atoms with Crippen LogP contribution in [0.2, 0.25) is 0 Å². The predicted octanol–water partition coefficient (Wildman–Crippen LogP) is 2.29. The van der Waals surface area contributed by atoms with E-state index in [9.17, 15) is 4.55 Å². The molecule has 126 valence electrons. The molecule has 3 heterocycles. The quantitative estimate of drug-likeness (QED) is 0.701. The number of nitrogens with one attached hydrogen (secondary N) is 1. The number of rotatable bonds is 5. The number of pyridine rings is 2. The van der Waals surface area contributed by atoms with Gasteiger partial charge in [-0.3, -0.25) is 9.97 Å². The third-order valence-electron chi connectivity index (χ3n) is 2.84. The van der Waals surface area contributed by atoms with E-state index < -0.39 is 78.6 Å². The second kappa shape index (κ2) is 6.66.